The molecule has 0 atom stereocenters. The van der Waals surface area contributed by atoms with Crippen LogP contribution in [0.25, 0.3) is 22.4 Å². The number of benzene rings is 2. The van der Waals surface area contributed by atoms with E-state index in [1.807, 2.05) is 30.3 Å². The van der Waals surface area contributed by atoms with Crippen molar-refractivity contribution in [2.24, 2.45) is 0 Å². The van der Waals surface area contributed by atoms with Gasteiger partial charge in [-0.15, -0.1) is 0 Å². The first-order valence-electron chi connectivity index (χ1n) is 6.75. The van der Waals surface area contributed by atoms with Gasteiger partial charge in [0.1, 0.15) is 0 Å². The van der Waals surface area contributed by atoms with E-state index in [4.69, 9.17) is 17.3 Å². The molecule has 1 heterocycles. The summed E-state index contributed by atoms with van der Waals surface area (Å²) in [5.74, 6) is 0.457. The molecule has 0 aliphatic heterocycles. The second kappa shape index (κ2) is 5.26. The van der Waals surface area contributed by atoms with Gasteiger partial charge in [0.15, 0.2) is 5.82 Å². The van der Waals surface area contributed by atoms with Crippen LogP contribution in [0.1, 0.15) is 11.1 Å². The largest absolute Gasteiger partial charge is 0.382 e. The number of nitrogens with zero attached hydrogens (tertiary/aromatic N) is 1. The number of halogens is 1. The van der Waals surface area contributed by atoms with Crippen LogP contribution in [0.15, 0.2) is 42.5 Å². The molecule has 0 fully saturated rings. The monoisotopic (exact) mass is 297 g/mol. The minimum atomic E-state index is 0.457. The zero-order valence-electron chi connectivity index (χ0n) is 11.9. The third-order valence-electron chi connectivity index (χ3n) is 3.81. The van der Waals surface area contributed by atoms with E-state index >= 15 is 0 Å². The molecule has 0 aliphatic carbocycles. The van der Waals surface area contributed by atoms with E-state index in [2.05, 4.69) is 36.2 Å². The lowest BCUT2D eigenvalue weighted by Crippen LogP contribution is -1.92. The van der Waals surface area contributed by atoms with Crippen LogP contribution >= 0.6 is 11.6 Å². The number of aromatic amines is 1. The van der Waals surface area contributed by atoms with Crippen molar-refractivity contribution >= 4 is 17.4 Å². The molecule has 3 aromatic rings. The number of rotatable bonds is 2. The lowest BCUT2D eigenvalue weighted by Gasteiger charge is -2.10. The predicted molar refractivity (Wildman–Crippen MR) is 88.4 cm³/mol. The summed E-state index contributed by atoms with van der Waals surface area (Å²) in [4.78, 5) is 0. The zero-order chi connectivity index (χ0) is 15.0. The molecule has 0 spiro atoms. The molecule has 2 aromatic carbocycles. The number of hydrogen-bond acceptors (Lipinski definition) is 2. The summed E-state index contributed by atoms with van der Waals surface area (Å²) in [5, 5.41) is 7.89. The number of hydrogen-bond donors (Lipinski definition) is 2. The maximum Gasteiger partial charge on any atom is 0.153 e. The first kappa shape index (κ1) is 13.7. The van der Waals surface area contributed by atoms with Gasteiger partial charge in [0, 0.05) is 16.1 Å². The van der Waals surface area contributed by atoms with Gasteiger partial charge < -0.3 is 5.73 Å². The Morgan fingerprint density at radius 2 is 1.71 bits per heavy atom. The van der Waals surface area contributed by atoms with Gasteiger partial charge in [0.05, 0.1) is 11.3 Å². The minimum Gasteiger partial charge on any atom is -0.382 e. The van der Waals surface area contributed by atoms with Crippen LogP contribution in [0.3, 0.4) is 0 Å². The van der Waals surface area contributed by atoms with Crippen molar-refractivity contribution < 1.29 is 0 Å². The topological polar surface area (TPSA) is 54.7 Å². The van der Waals surface area contributed by atoms with Gasteiger partial charge in [-0.2, -0.15) is 5.10 Å². The van der Waals surface area contributed by atoms with Crippen molar-refractivity contribution in [3.05, 3.63) is 58.6 Å². The lowest BCUT2D eigenvalue weighted by atomic mass is 9.95. The highest BCUT2D eigenvalue weighted by Gasteiger charge is 2.18. The molecule has 0 saturated heterocycles. The highest BCUT2D eigenvalue weighted by atomic mass is 35.5. The number of aryl methyl sites for hydroxylation is 1. The molecule has 1 aromatic heterocycles. The molecule has 21 heavy (non-hydrogen) atoms. The van der Waals surface area contributed by atoms with Gasteiger partial charge in [0.2, 0.25) is 0 Å². The molecule has 3 N–H and O–H groups in total. The zero-order valence-corrected chi connectivity index (χ0v) is 12.7. The summed E-state index contributed by atoms with van der Waals surface area (Å²) in [6.45, 7) is 4.19. The number of nitrogens with one attached hydrogen (secondary N) is 1. The maximum atomic E-state index is 6.32. The van der Waals surface area contributed by atoms with E-state index in [-0.39, 0.29) is 0 Å². The standard InChI is InChI=1S/C17H16ClN3/c1-10-6-5-8-12(11(10)2)16-15(17(19)21-20-16)13-7-3-4-9-14(13)18/h3-9H,1-2H3,(H3,19,20,21). The van der Waals surface area contributed by atoms with Crippen molar-refractivity contribution in [3.8, 4) is 22.4 Å². The molecule has 0 bridgehead atoms. The molecule has 3 rings (SSSR count). The first-order chi connectivity index (χ1) is 10.1. The third kappa shape index (κ3) is 2.30. The van der Waals surface area contributed by atoms with E-state index in [0.717, 1.165) is 22.4 Å². The fourth-order valence-electron chi connectivity index (χ4n) is 2.51. The van der Waals surface area contributed by atoms with Crippen LogP contribution < -0.4 is 5.73 Å². The number of anilines is 1. The van der Waals surface area contributed by atoms with Crippen LogP contribution in [0.2, 0.25) is 5.02 Å². The van der Waals surface area contributed by atoms with Crippen molar-refractivity contribution in [2.45, 2.75) is 13.8 Å². The van der Waals surface area contributed by atoms with Gasteiger partial charge in [0.25, 0.3) is 0 Å². The molecule has 0 saturated carbocycles. The SMILES string of the molecule is Cc1cccc(-c2[nH]nc(N)c2-c2ccccc2Cl)c1C. The van der Waals surface area contributed by atoms with Crippen molar-refractivity contribution in [3.63, 3.8) is 0 Å². The van der Waals surface area contributed by atoms with Gasteiger partial charge in [-0.05, 0) is 31.0 Å². The van der Waals surface area contributed by atoms with Gasteiger partial charge in [-0.25, -0.2) is 0 Å². The van der Waals surface area contributed by atoms with E-state index in [1.165, 1.54) is 11.1 Å². The third-order valence-corrected chi connectivity index (χ3v) is 4.14. The quantitative estimate of drug-likeness (QED) is 0.726. The Bertz CT molecular complexity index is 806. The van der Waals surface area contributed by atoms with Crippen LogP contribution in [-0.2, 0) is 0 Å². The Hall–Kier alpha value is -2.26. The summed E-state index contributed by atoms with van der Waals surface area (Å²) >= 11 is 6.32. The Kier molecular flexibility index (Phi) is 3.43. The predicted octanol–water partition coefficient (Wildman–Crippen LogP) is 4.60. The molecule has 4 heteroatoms. The molecule has 0 unspecified atom stereocenters. The first-order valence-corrected chi connectivity index (χ1v) is 7.12. The average Bonchev–Trinajstić information content (AvgIpc) is 2.84. The molecular weight excluding hydrogens is 282 g/mol. The fraction of sp³-hybridized carbons (Fsp3) is 0.118. The fourth-order valence-corrected chi connectivity index (χ4v) is 2.74. The second-order valence-corrected chi connectivity index (χ2v) is 5.49. The van der Waals surface area contributed by atoms with E-state index in [1.54, 1.807) is 0 Å². The summed E-state index contributed by atoms with van der Waals surface area (Å²) < 4.78 is 0. The molecule has 0 aliphatic rings. The van der Waals surface area contributed by atoms with E-state index in [0.29, 0.717) is 10.8 Å². The second-order valence-electron chi connectivity index (χ2n) is 5.09. The summed E-state index contributed by atoms with van der Waals surface area (Å²) in [6.07, 6.45) is 0. The average molecular weight is 298 g/mol. The number of nitrogen functional groups attached to an aromatic ring is 1. The summed E-state index contributed by atoms with van der Waals surface area (Å²) in [7, 11) is 0. The summed E-state index contributed by atoms with van der Waals surface area (Å²) in [6, 6.07) is 13.9. The minimum absolute atomic E-state index is 0.457. The van der Waals surface area contributed by atoms with Crippen LogP contribution in [0.4, 0.5) is 5.82 Å². The van der Waals surface area contributed by atoms with Crippen LogP contribution in [0, 0.1) is 13.8 Å². The molecule has 0 amide bonds. The Morgan fingerprint density at radius 3 is 2.48 bits per heavy atom. The number of nitrogens with two attached hydrogens (primary N) is 1. The number of aromatic nitrogens is 2. The van der Waals surface area contributed by atoms with Crippen LogP contribution in [-0.4, -0.2) is 10.2 Å². The molecular formula is C17H16ClN3. The van der Waals surface area contributed by atoms with Gasteiger partial charge in [-0.3, -0.25) is 5.10 Å². The Balaban J connectivity index is 2.28. The van der Waals surface area contributed by atoms with E-state index < -0.39 is 0 Å². The summed E-state index contributed by atoms with van der Waals surface area (Å²) in [5.41, 5.74) is 12.2. The van der Waals surface area contributed by atoms with Crippen LogP contribution in [0.5, 0.6) is 0 Å². The maximum absolute atomic E-state index is 6.32. The highest BCUT2D eigenvalue weighted by Crippen LogP contribution is 2.39. The highest BCUT2D eigenvalue weighted by molar-refractivity contribution is 6.33. The van der Waals surface area contributed by atoms with Gasteiger partial charge >= 0.3 is 0 Å². The molecule has 0 radical (unpaired) electrons. The molecule has 106 valence electrons. The lowest BCUT2D eigenvalue weighted by molar-refractivity contribution is 1.10. The Morgan fingerprint density at radius 1 is 1.00 bits per heavy atom. The smallest absolute Gasteiger partial charge is 0.153 e. The number of H-pyrrole nitrogens is 1. The van der Waals surface area contributed by atoms with Gasteiger partial charge in [-0.1, -0.05) is 48.0 Å². The van der Waals surface area contributed by atoms with E-state index in [9.17, 15) is 0 Å². The van der Waals surface area contributed by atoms with Crippen molar-refractivity contribution in [2.75, 3.05) is 5.73 Å². The molecule has 3 nitrogen and oxygen atoms in total. The van der Waals surface area contributed by atoms with Crippen molar-refractivity contribution in [1.29, 1.82) is 0 Å². The normalized spacial score (nSPS) is 10.8. The van der Waals surface area contributed by atoms with Crippen molar-refractivity contribution in [1.82, 2.24) is 10.2 Å². The Labute approximate surface area is 128 Å².